The Hall–Kier alpha value is -1.71. The van der Waals surface area contributed by atoms with Gasteiger partial charge in [-0.2, -0.15) is 0 Å². The lowest BCUT2D eigenvalue weighted by molar-refractivity contribution is 0.303. The summed E-state index contributed by atoms with van der Waals surface area (Å²) in [5.41, 5.74) is 1.12. The summed E-state index contributed by atoms with van der Waals surface area (Å²) in [5, 5.41) is 22.7. The summed E-state index contributed by atoms with van der Waals surface area (Å²) in [5.74, 6) is 0.769. The maximum absolute atomic E-state index is 10.2. The molecule has 4 heteroatoms. The zero-order valence-corrected chi connectivity index (χ0v) is 14.6. The van der Waals surface area contributed by atoms with E-state index in [1.54, 1.807) is 12.1 Å². The first kappa shape index (κ1) is 19.3. The first-order valence-corrected chi connectivity index (χ1v) is 8.90. The van der Waals surface area contributed by atoms with Crippen LogP contribution in [0.15, 0.2) is 23.4 Å². The highest BCUT2D eigenvalue weighted by Crippen LogP contribution is 2.26. The van der Waals surface area contributed by atoms with Gasteiger partial charge >= 0.3 is 0 Å². The van der Waals surface area contributed by atoms with Crippen molar-refractivity contribution >= 4 is 5.71 Å². The number of oxime groups is 1. The number of aromatic hydroxyl groups is 1. The van der Waals surface area contributed by atoms with Gasteiger partial charge in [0.2, 0.25) is 0 Å². The van der Waals surface area contributed by atoms with Crippen molar-refractivity contribution in [2.45, 2.75) is 71.6 Å². The van der Waals surface area contributed by atoms with E-state index in [0.29, 0.717) is 30.1 Å². The Labute approximate surface area is 140 Å². The molecule has 1 aromatic rings. The second kappa shape index (κ2) is 11.8. The molecule has 0 amide bonds. The monoisotopic (exact) mass is 321 g/mol. The topological polar surface area (TPSA) is 62.0 Å². The Morgan fingerprint density at radius 2 is 1.70 bits per heavy atom. The molecule has 0 aliphatic heterocycles. The van der Waals surface area contributed by atoms with Gasteiger partial charge in [0.1, 0.15) is 11.5 Å². The Kier molecular flexibility index (Phi) is 9.92. The van der Waals surface area contributed by atoms with Crippen LogP contribution in [0.5, 0.6) is 11.5 Å². The minimum absolute atomic E-state index is 0.111. The largest absolute Gasteiger partial charge is 0.507 e. The Morgan fingerprint density at radius 1 is 1.00 bits per heavy atom. The molecule has 0 heterocycles. The number of nitrogens with zero attached hydrogens (tertiary/aromatic N) is 1. The summed E-state index contributed by atoms with van der Waals surface area (Å²) in [6.07, 6.45) is 9.70. The van der Waals surface area contributed by atoms with E-state index in [0.717, 1.165) is 19.3 Å². The molecule has 0 bridgehead atoms. The van der Waals surface area contributed by atoms with Crippen LogP contribution in [0.1, 0.15) is 77.2 Å². The van der Waals surface area contributed by atoms with Gasteiger partial charge in [0.25, 0.3) is 0 Å². The van der Waals surface area contributed by atoms with Gasteiger partial charge in [0.05, 0.1) is 12.3 Å². The molecule has 2 N–H and O–H groups in total. The second-order valence-electron chi connectivity index (χ2n) is 5.95. The lowest BCUT2D eigenvalue weighted by Crippen LogP contribution is -2.03. The van der Waals surface area contributed by atoms with E-state index in [1.807, 2.05) is 6.07 Å². The van der Waals surface area contributed by atoms with Crippen LogP contribution >= 0.6 is 0 Å². The molecule has 0 aliphatic carbocycles. The molecule has 130 valence electrons. The van der Waals surface area contributed by atoms with Crippen molar-refractivity contribution in [2.75, 3.05) is 6.61 Å². The average molecular weight is 321 g/mol. The molecule has 0 spiro atoms. The zero-order valence-electron chi connectivity index (χ0n) is 14.6. The molecular formula is C19H31NO3. The van der Waals surface area contributed by atoms with Gasteiger partial charge in [-0.1, -0.05) is 57.5 Å². The van der Waals surface area contributed by atoms with E-state index in [1.165, 1.54) is 32.1 Å². The summed E-state index contributed by atoms with van der Waals surface area (Å²) in [4.78, 5) is 0. The molecule has 1 aromatic carbocycles. The van der Waals surface area contributed by atoms with Crippen LogP contribution in [0.25, 0.3) is 0 Å². The predicted octanol–water partition coefficient (Wildman–Crippen LogP) is 5.50. The Morgan fingerprint density at radius 3 is 2.30 bits per heavy atom. The molecule has 0 unspecified atom stereocenters. The van der Waals surface area contributed by atoms with Crippen molar-refractivity contribution in [1.82, 2.24) is 0 Å². The van der Waals surface area contributed by atoms with Crippen LogP contribution in [0.3, 0.4) is 0 Å². The lowest BCUT2D eigenvalue weighted by Gasteiger charge is -2.10. The quantitative estimate of drug-likeness (QED) is 0.231. The summed E-state index contributed by atoms with van der Waals surface area (Å²) in [7, 11) is 0. The zero-order chi connectivity index (χ0) is 16.9. The number of hydrogen-bond donors (Lipinski definition) is 2. The summed E-state index contributed by atoms with van der Waals surface area (Å²) in [6.45, 7) is 5.00. The third-order valence-electron chi connectivity index (χ3n) is 3.93. The first-order valence-electron chi connectivity index (χ1n) is 8.90. The lowest BCUT2D eigenvalue weighted by atomic mass is 10.0. The van der Waals surface area contributed by atoms with Gasteiger partial charge in [-0.3, -0.25) is 0 Å². The molecule has 0 saturated heterocycles. The van der Waals surface area contributed by atoms with Crippen LogP contribution < -0.4 is 4.74 Å². The number of phenolic OH excluding ortho intramolecular Hbond substituents is 1. The molecule has 23 heavy (non-hydrogen) atoms. The normalized spacial score (nSPS) is 11.7. The summed E-state index contributed by atoms with van der Waals surface area (Å²) in [6, 6.07) is 5.20. The molecule has 0 fully saturated rings. The minimum Gasteiger partial charge on any atom is -0.507 e. The van der Waals surface area contributed by atoms with Crippen molar-refractivity contribution in [3.8, 4) is 11.5 Å². The fourth-order valence-corrected chi connectivity index (χ4v) is 2.52. The van der Waals surface area contributed by atoms with Gasteiger partial charge in [0.15, 0.2) is 0 Å². The number of benzene rings is 1. The van der Waals surface area contributed by atoms with E-state index < -0.39 is 0 Å². The fraction of sp³-hybridized carbons (Fsp3) is 0.632. The average Bonchev–Trinajstić information content (AvgIpc) is 2.56. The van der Waals surface area contributed by atoms with Crippen LogP contribution in [0, 0.1) is 0 Å². The van der Waals surface area contributed by atoms with E-state index >= 15 is 0 Å². The fourth-order valence-electron chi connectivity index (χ4n) is 2.52. The molecule has 0 aliphatic rings. The van der Waals surface area contributed by atoms with Gasteiger partial charge in [-0.15, -0.1) is 0 Å². The molecule has 0 atom stereocenters. The van der Waals surface area contributed by atoms with Crippen molar-refractivity contribution in [1.29, 1.82) is 0 Å². The predicted molar refractivity (Wildman–Crippen MR) is 94.8 cm³/mol. The number of hydrogen-bond acceptors (Lipinski definition) is 4. The van der Waals surface area contributed by atoms with Crippen LogP contribution in [-0.2, 0) is 0 Å². The number of rotatable bonds is 12. The second-order valence-corrected chi connectivity index (χ2v) is 5.95. The highest BCUT2D eigenvalue weighted by molar-refractivity contribution is 6.02. The standard InChI is InChI=1S/C19H31NO3/c1-3-5-7-9-11-18(20-22)17-13-12-16(15-19(17)21)23-14-10-8-6-4-2/h12-13,15,21-22H,3-11,14H2,1-2H3. The maximum atomic E-state index is 10.2. The molecule has 1 rings (SSSR count). The molecule has 0 aromatic heterocycles. The van der Waals surface area contributed by atoms with Crippen LogP contribution in [-0.4, -0.2) is 22.6 Å². The number of ether oxygens (including phenoxy) is 1. The van der Waals surface area contributed by atoms with E-state index in [4.69, 9.17) is 4.74 Å². The van der Waals surface area contributed by atoms with Crippen molar-refractivity contribution in [3.05, 3.63) is 23.8 Å². The Bertz CT molecular complexity index is 472. The third kappa shape index (κ3) is 7.40. The first-order chi connectivity index (χ1) is 11.2. The van der Waals surface area contributed by atoms with Crippen LogP contribution in [0.4, 0.5) is 0 Å². The third-order valence-corrected chi connectivity index (χ3v) is 3.93. The van der Waals surface area contributed by atoms with Gasteiger partial charge in [-0.05, 0) is 31.4 Å². The Balaban J connectivity index is 2.53. The summed E-state index contributed by atoms with van der Waals surface area (Å²) >= 11 is 0. The van der Waals surface area contributed by atoms with E-state index in [2.05, 4.69) is 19.0 Å². The van der Waals surface area contributed by atoms with Crippen molar-refractivity contribution in [2.24, 2.45) is 5.16 Å². The highest BCUT2D eigenvalue weighted by atomic mass is 16.5. The van der Waals surface area contributed by atoms with Crippen molar-refractivity contribution in [3.63, 3.8) is 0 Å². The highest BCUT2D eigenvalue weighted by Gasteiger charge is 2.11. The molecule has 0 saturated carbocycles. The van der Waals surface area contributed by atoms with Gasteiger partial charge in [0, 0.05) is 11.6 Å². The van der Waals surface area contributed by atoms with Crippen LogP contribution in [0.2, 0.25) is 0 Å². The van der Waals surface area contributed by atoms with Gasteiger partial charge in [-0.25, -0.2) is 0 Å². The maximum Gasteiger partial charge on any atom is 0.128 e. The smallest absolute Gasteiger partial charge is 0.128 e. The minimum atomic E-state index is 0.111. The SMILES string of the molecule is CCCCCCOc1ccc(C(CCCCCC)=NO)c(O)c1. The van der Waals surface area contributed by atoms with Gasteiger partial charge < -0.3 is 15.1 Å². The molecule has 0 radical (unpaired) electrons. The van der Waals surface area contributed by atoms with Crippen molar-refractivity contribution < 1.29 is 15.1 Å². The van der Waals surface area contributed by atoms with E-state index in [-0.39, 0.29) is 5.75 Å². The molecular weight excluding hydrogens is 290 g/mol. The van der Waals surface area contributed by atoms with E-state index in [9.17, 15) is 10.3 Å². The summed E-state index contributed by atoms with van der Waals surface area (Å²) < 4.78 is 5.65. The molecule has 4 nitrogen and oxygen atoms in total. The number of phenols is 1. The number of unbranched alkanes of at least 4 members (excludes halogenated alkanes) is 6.